The lowest BCUT2D eigenvalue weighted by Crippen LogP contribution is -2.37. The van der Waals surface area contributed by atoms with E-state index >= 15 is 0 Å². The molecule has 6 heteroatoms. The molecule has 3 unspecified atom stereocenters. The van der Waals surface area contributed by atoms with Crippen LogP contribution in [0.3, 0.4) is 0 Å². The van der Waals surface area contributed by atoms with Gasteiger partial charge in [-0.15, -0.1) is 0 Å². The first-order valence-corrected chi connectivity index (χ1v) is 7.70. The number of rotatable bonds is 4. The first kappa shape index (κ1) is 15.7. The van der Waals surface area contributed by atoms with Gasteiger partial charge in [-0.05, 0) is 30.6 Å². The minimum absolute atomic E-state index is 0.230. The fraction of sp³-hybridized carbons (Fsp3) is 0.733. The summed E-state index contributed by atoms with van der Waals surface area (Å²) in [6.07, 6.45) is 2.16. The molecule has 0 saturated heterocycles. The number of nitrogens with one attached hydrogen (secondary N) is 2. The largest absolute Gasteiger partial charge is 0.383 e. The molecule has 1 aliphatic rings. The first-order valence-electron chi connectivity index (χ1n) is 7.70. The van der Waals surface area contributed by atoms with Gasteiger partial charge in [-0.2, -0.15) is 0 Å². The summed E-state index contributed by atoms with van der Waals surface area (Å²) in [5.41, 5.74) is 5.54. The van der Waals surface area contributed by atoms with Gasteiger partial charge in [-0.3, -0.25) is 14.3 Å². The topological polar surface area (TPSA) is 92.9 Å². The minimum Gasteiger partial charge on any atom is -0.383 e. The van der Waals surface area contributed by atoms with Crippen LogP contribution < -0.4 is 22.3 Å². The highest BCUT2D eigenvalue weighted by Gasteiger charge is 2.30. The van der Waals surface area contributed by atoms with E-state index in [0.717, 1.165) is 12.8 Å². The zero-order valence-electron chi connectivity index (χ0n) is 13.3. The second-order valence-corrected chi connectivity index (χ2v) is 6.69. The molecule has 0 bridgehead atoms. The first-order chi connectivity index (χ1) is 9.81. The quantitative estimate of drug-likeness (QED) is 0.786. The van der Waals surface area contributed by atoms with Crippen LogP contribution in [0.15, 0.2) is 9.59 Å². The number of hydrogen-bond acceptors (Lipinski definition) is 4. The summed E-state index contributed by atoms with van der Waals surface area (Å²) >= 11 is 0. The molecule has 0 spiro atoms. The van der Waals surface area contributed by atoms with Crippen LogP contribution >= 0.6 is 0 Å². The summed E-state index contributed by atoms with van der Waals surface area (Å²) in [6, 6.07) is 0.230. The van der Waals surface area contributed by atoms with Crippen molar-refractivity contribution in [1.29, 1.82) is 0 Å². The molecule has 1 aromatic heterocycles. The zero-order chi connectivity index (χ0) is 15.7. The normalized spacial score (nSPS) is 25.5. The van der Waals surface area contributed by atoms with E-state index in [4.69, 9.17) is 5.73 Å². The molecule has 1 saturated carbocycles. The van der Waals surface area contributed by atoms with Gasteiger partial charge in [0.15, 0.2) is 0 Å². The molecular weight excluding hydrogens is 268 g/mol. The molecule has 6 nitrogen and oxygen atoms in total. The molecule has 1 aliphatic carbocycles. The molecular formula is C15H26N4O2. The Morgan fingerprint density at radius 3 is 2.52 bits per heavy atom. The maximum Gasteiger partial charge on any atom is 0.330 e. The van der Waals surface area contributed by atoms with Gasteiger partial charge in [0.2, 0.25) is 0 Å². The second kappa shape index (κ2) is 5.95. The van der Waals surface area contributed by atoms with Crippen molar-refractivity contribution < 1.29 is 0 Å². The summed E-state index contributed by atoms with van der Waals surface area (Å²) in [4.78, 5) is 26.3. The molecule has 0 aliphatic heterocycles. The van der Waals surface area contributed by atoms with Crippen LogP contribution in [0.5, 0.6) is 0 Å². The van der Waals surface area contributed by atoms with Gasteiger partial charge in [0.05, 0.1) is 0 Å². The van der Waals surface area contributed by atoms with Crippen LogP contribution in [0.25, 0.3) is 0 Å². The van der Waals surface area contributed by atoms with Crippen LogP contribution in [0, 0.1) is 17.8 Å². The molecule has 0 radical (unpaired) electrons. The van der Waals surface area contributed by atoms with E-state index in [1.54, 1.807) is 0 Å². The number of aromatic nitrogens is 2. The van der Waals surface area contributed by atoms with Gasteiger partial charge in [0.25, 0.3) is 5.56 Å². The van der Waals surface area contributed by atoms with E-state index < -0.39 is 11.2 Å². The van der Waals surface area contributed by atoms with Crippen molar-refractivity contribution in [2.75, 3.05) is 11.1 Å². The Bertz CT molecular complexity index is 617. The summed E-state index contributed by atoms with van der Waals surface area (Å²) in [5, 5.41) is 3.27. The van der Waals surface area contributed by atoms with Crippen molar-refractivity contribution in [1.82, 2.24) is 9.55 Å². The van der Waals surface area contributed by atoms with E-state index in [-0.39, 0.29) is 17.8 Å². The van der Waals surface area contributed by atoms with Gasteiger partial charge < -0.3 is 11.1 Å². The molecule has 118 valence electrons. The van der Waals surface area contributed by atoms with Crippen LogP contribution in [0.1, 0.15) is 40.5 Å². The van der Waals surface area contributed by atoms with Gasteiger partial charge in [-0.1, -0.05) is 27.7 Å². The third-order valence-corrected chi connectivity index (χ3v) is 4.58. The molecule has 1 aromatic rings. The van der Waals surface area contributed by atoms with Crippen molar-refractivity contribution in [3.63, 3.8) is 0 Å². The fourth-order valence-electron chi connectivity index (χ4n) is 3.03. The summed E-state index contributed by atoms with van der Waals surface area (Å²) in [5.74, 6) is 1.62. The Balaban J connectivity index is 2.35. The van der Waals surface area contributed by atoms with Crippen LogP contribution in [0.4, 0.5) is 11.5 Å². The van der Waals surface area contributed by atoms with Gasteiger partial charge in [0.1, 0.15) is 11.5 Å². The Kier molecular flexibility index (Phi) is 4.44. The van der Waals surface area contributed by atoms with Crippen molar-refractivity contribution in [3.8, 4) is 0 Å². The van der Waals surface area contributed by atoms with E-state index in [1.807, 2.05) is 13.8 Å². The highest BCUT2D eigenvalue weighted by molar-refractivity contribution is 5.61. The Morgan fingerprint density at radius 1 is 1.33 bits per heavy atom. The molecule has 3 atom stereocenters. The number of nitrogens with zero attached hydrogens (tertiary/aromatic N) is 1. The predicted molar refractivity (Wildman–Crippen MR) is 85.5 cm³/mol. The second-order valence-electron chi connectivity index (χ2n) is 6.69. The van der Waals surface area contributed by atoms with Crippen molar-refractivity contribution in [2.24, 2.45) is 17.8 Å². The molecule has 0 aromatic carbocycles. The van der Waals surface area contributed by atoms with Gasteiger partial charge >= 0.3 is 5.69 Å². The minimum atomic E-state index is -0.440. The van der Waals surface area contributed by atoms with Gasteiger partial charge in [-0.25, -0.2) is 4.79 Å². The number of nitrogens with two attached hydrogens (primary N) is 1. The van der Waals surface area contributed by atoms with Crippen molar-refractivity contribution in [2.45, 2.75) is 53.1 Å². The lowest BCUT2D eigenvalue weighted by molar-refractivity contribution is 0.435. The third-order valence-electron chi connectivity index (χ3n) is 4.58. The Morgan fingerprint density at radius 2 is 2.00 bits per heavy atom. The molecule has 1 fully saturated rings. The highest BCUT2D eigenvalue weighted by Crippen LogP contribution is 2.33. The number of aromatic amines is 1. The Labute approximate surface area is 124 Å². The zero-order valence-corrected chi connectivity index (χ0v) is 13.3. The van der Waals surface area contributed by atoms with Crippen LogP contribution in [0.2, 0.25) is 0 Å². The van der Waals surface area contributed by atoms with E-state index in [9.17, 15) is 9.59 Å². The standard InChI is InChI=1S/C15H26N4O2/c1-8(2)7-19-13(16)12(14(20)18-15(19)21)17-11-6-5-9(3)10(11)4/h8-11,17H,5-7,16H2,1-4H3,(H,18,20,21). The van der Waals surface area contributed by atoms with Crippen LogP contribution in [-0.4, -0.2) is 15.6 Å². The predicted octanol–water partition coefficient (Wildman–Crippen LogP) is 1.62. The highest BCUT2D eigenvalue weighted by atomic mass is 16.2. The van der Waals surface area contributed by atoms with Crippen molar-refractivity contribution in [3.05, 3.63) is 20.8 Å². The average Bonchev–Trinajstić information content (AvgIpc) is 2.71. The average molecular weight is 294 g/mol. The van der Waals surface area contributed by atoms with Gasteiger partial charge in [0, 0.05) is 12.6 Å². The van der Waals surface area contributed by atoms with Crippen LogP contribution in [-0.2, 0) is 6.54 Å². The molecule has 2 rings (SSSR count). The monoisotopic (exact) mass is 294 g/mol. The summed E-state index contributed by atoms with van der Waals surface area (Å²) in [6.45, 7) is 8.91. The SMILES string of the molecule is CC(C)Cn1c(N)c(NC2CCC(C)C2C)c(=O)[nH]c1=O. The third kappa shape index (κ3) is 3.14. The summed E-state index contributed by atoms with van der Waals surface area (Å²) < 4.78 is 1.44. The number of nitrogen functional groups attached to an aromatic ring is 1. The summed E-state index contributed by atoms with van der Waals surface area (Å²) in [7, 11) is 0. The van der Waals surface area contributed by atoms with E-state index in [1.165, 1.54) is 4.57 Å². The number of hydrogen-bond donors (Lipinski definition) is 3. The van der Waals surface area contributed by atoms with E-state index in [0.29, 0.717) is 24.1 Å². The number of anilines is 2. The lowest BCUT2D eigenvalue weighted by atomic mass is 9.98. The molecule has 0 amide bonds. The van der Waals surface area contributed by atoms with Crippen molar-refractivity contribution >= 4 is 11.5 Å². The molecule has 4 N–H and O–H groups in total. The molecule has 1 heterocycles. The van der Waals surface area contributed by atoms with E-state index in [2.05, 4.69) is 24.1 Å². The smallest absolute Gasteiger partial charge is 0.330 e. The fourth-order valence-corrected chi connectivity index (χ4v) is 3.03. The molecule has 21 heavy (non-hydrogen) atoms. The lowest BCUT2D eigenvalue weighted by Gasteiger charge is -2.22. The maximum atomic E-state index is 12.1. The number of H-pyrrole nitrogens is 1. The Hall–Kier alpha value is -1.72. The maximum absolute atomic E-state index is 12.1.